The summed E-state index contributed by atoms with van der Waals surface area (Å²) in [7, 11) is -3.49. The fourth-order valence-electron chi connectivity index (χ4n) is 8.59. The summed E-state index contributed by atoms with van der Waals surface area (Å²) in [5.74, 6) is -0.897. The number of amides is 3. The number of rotatable bonds is 7. The number of hydrogen-bond donors (Lipinski definition) is 1. The van der Waals surface area contributed by atoms with E-state index in [9.17, 15) is 19.5 Å². The second-order valence-electron chi connectivity index (χ2n) is 14.2. The van der Waals surface area contributed by atoms with Gasteiger partial charge in [-0.2, -0.15) is 0 Å². The molecule has 1 N–H and O–H groups in total. The van der Waals surface area contributed by atoms with Crippen molar-refractivity contribution in [1.29, 1.82) is 0 Å². The molecule has 0 aliphatic carbocycles. The lowest BCUT2D eigenvalue weighted by atomic mass is 9.82. The topological polar surface area (TPSA) is 90.4 Å². The minimum absolute atomic E-state index is 0.0803. The zero-order valence-electron chi connectivity index (χ0n) is 27.5. The van der Waals surface area contributed by atoms with Gasteiger partial charge in [0, 0.05) is 46.7 Å². The highest BCUT2D eigenvalue weighted by molar-refractivity contribution is 9.10. The number of aliphatic hydroxyl groups excluding tert-OH is 1. The molecule has 48 heavy (non-hydrogen) atoms. The van der Waals surface area contributed by atoms with E-state index in [1.54, 1.807) is 27.8 Å². The Kier molecular flexibility index (Phi) is 8.63. The van der Waals surface area contributed by atoms with Crippen molar-refractivity contribution in [2.45, 2.75) is 82.1 Å². The Morgan fingerprint density at radius 3 is 2.48 bits per heavy atom. The van der Waals surface area contributed by atoms with Gasteiger partial charge in [0.25, 0.3) is 5.91 Å². The molecule has 8 nitrogen and oxygen atoms in total. The van der Waals surface area contributed by atoms with Crippen molar-refractivity contribution in [1.82, 2.24) is 4.90 Å². The molecule has 0 aromatic heterocycles. The zero-order chi connectivity index (χ0) is 34.0. The van der Waals surface area contributed by atoms with Crippen LogP contribution >= 0.6 is 15.9 Å². The Bertz CT molecular complexity index is 1770. The molecule has 4 aliphatic heterocycles. The molecule has 0 radical (unpaired) electrons. The smallest absolute Gasteiger partial charge is 0.264 e. The number of fused-ring (bicyclic) bond motifs is 3. The summed E-state index contributed by atoms with van der Waals surface area (Å²) in [6, 6.07) is 20.9. The molecule has 4 aliphatic rings. The number of hydrogen-bond acceptors (Lipinski definition) is 5. The lowest BCUT2D eigenvalue weighted by molar-refractivity contribution is -0.151. The number of ether oxygens (including phenoxy) is 1. The van der Waals surface area contributed by atoms with Crippen molar-refractivity contribution in [3.8, 4) is 0 Å². The van der Waals surface area contributed by atoms with E-state index in [0.717, 1.165) is 33.3 Å². The van der Waals surface area contributed by atoms with Crippen LogP contribution in [0, 0.1) is 5.92 Å². The highest BCUT2D eigenvalue weighted by Gasteiger charge is 2.67. The molecule has 3 aromatic carbocycles. The Morgan fingerprint density at radius 1 is 1.08 bits per heavy atom. The van der Waals surface area contributed by atoms with E-state index in [-0.39, 0.29) is 43.3 Å². The summed E-state index contributed by atoms with van der Waals surface area (Å²) >= 11 is 3.59. The van der Waals surface area contributed by atoms with Gasteiger partial charge in [-0.1, -0.05) is 59.3 Å². The van der Waals surface area contributed by atoms with Crippen LogP contribution in [0.2, 0.25) is 18.6 Å². The Labute approximate surface area is 290 Å². The molecular formula is C37H41BrFN3O5Si. The molecule has 1 spiro atoms. The first-order valence-electron chi connectivity index (χ1n) is 16.8. The van der Waals surface area contributed by atoms with Gasteiger partial charge in [-0.25, -0.2) is 0 Å². The number of benzene rings is 3. The average molecular weight is 735 g/mol. The summed E-state index contributed by atoms with van der Waals surface area (Å²) in [4.78, 5) is 46.3. The van der Waals surface area contributed by atoms with Gasteiger partial charge in [-0.15, -0.1) is 0 Å². The van der Waals surface area contributed by atoms with Gasteiger partial charge in [-0.05, 0) is 73.0 Å². The van der Waals surface area contributed by atoms with E-state index in [4.69, 9.17) is 4.74 Å². The number of anilines is 2. The normalized spacial score (nSPS) is 26.8. The van der Waals surface area contributed by atoms with Crippen molar-refractivity contribution >= 4 is 53.4 Å². The van der Waals surface area contributed by atoms with Crippen molar-refractivity contribution < 1.29 is 28.3 Å². The molecule has 0 saturated carbocycles. The molecule has 2 saturated heterocycles. The highest BCUT2D eigenvalue weighted by atomic mass is 79.9. The average Bonchev–Trinajstić information content (AvgIpc) is 3.69. The number of carbonyl (C=O) groups is 3. The van der Waals surface area contributed by atoms with E-state index in [0.29, 0.717) is 37.2 Å². The van der Waals surface area contributed by atoms with Crippen LogP contribution in [-0.4, -0.2) is 61.4 Å². The van der Waals surface area contributed by atoms with E-state index < -0.39 is 31.6 Å². The maximum Gasteiger partial charge on any atom is 0.264 e. The van der Waals surface area contributed by atoms with Crippen LogP contribution in [0.4, 0.5) is 15.5 Å². The minimum Gasteiger partial charge on any atom is -0.394 e. The molecule has 5 atom stereocenters. The van der Waals surface area contributed by atoms with Gasteiger partial charge >= 0.3 is 0 Å². The van der Waals surface area contributed by atoms with E-state index >= 15 is 4.11 Å². The lowest BCUT2D eigenvalue weighted by Gasteiger charge is -2.37. The molecule has 11 heteroatoms. The molecule has 7 rings (SSSR count). The number of carbonyl (C=O) groups excluding carboxylic acids is 3. The quantitative estimate of drug-likeness (QED) is 0.230. The third kappa shape index (κ3) is 5.52. The second kappa shape index (κ2) is 12.5. The van der Waals surface area contributed by atoms with Crippen molar-refractivity contribution in [3.05, 3.63) is 93.5 Å². The zero-order valence-corrected chi connectivity index (χ0v) is 30.1. The second-order valence-corrected chi connectivity index (χ2v) is 18.9. The first-order chi connectivity index (χ1) is 22.9. The fraction of sp³-hybridized carbons (Fsp3) is 0.432. The fourth-order valence-corrected chi connectivity index (χ4v) is 11.4. The summed E-state index contributed by atoms with van der Waals surface area (Å²) in [5.41, 5.74) is 3.16. The van der Waals surface area contributed by atoms with E-state index in [2.05, 4.69) is 15.9 Å². The third-order valence-electron chi connectivity index (χ3n) is 10.8. The standard InChI is InChI=1S/C37H41BrFN3O5Si/c1-23-35(48(2,3)39)32(19-34(45)41-21-26-8-5-4-7-25(26)17-29(41)22-43)47-37(23)30-18-27(38)12-15-31(30)42(36(37)46)20-24-10-13-28(14-11-24)40-16-6-9-33(40)44/h4-5,7-8,10-15,18,23,29,32,35,43H,6,9,16-17,19-22H2,1-3H3/t23-,29+,32+,35-,37+/m1/s1. The molecule has 0 bridgehead atoms. The van der Waals surface area contributed by atoms with Crippen molar-refractivity contribution in [3.63, 3.8) is 0 Å². The molecule has 2 fully saturated rings. The summed E-state index contributed by atoms with van der Waals surface area (Å²) in [5, 5.41) is 10.2. The SMILES string of the molecule is C[C@@H]1[C@@H]([Si](C)(C)F)[C@H](CC(=O)N2Cc3ccccc3C[C@H]2CO)O[C@@]12C(=O)N(Cc1ccc(N3CCCC3=O)cc1)c1ccc(Br)cc12. The van der Waals surface area contributed by atoms with Crippen LogP contribution in [0.5, 0.6) is 0 Å². The predicted octanol–water partition coefficient (Wildman–Crippen LogP) is 6.23. The highest BCUT2D eigenvalue weighted by Crippen LogP contribution is 2.60. The Hall–Kier alpha value is -3.38. The van der Waals surface area contributed by atoms with Gasteiger partial charge in [0.1, 0.15) is 0 Å². The van der Waals surface area contributed by atoms with Crippen LogP contribution in [0.3, 0.4) is 0 Å². The first-order valence-corrected chi connectivity index (χ1v) is 20.5. The van der Waals surface area contributed by atoms with Gasteiger partial charge in [0.15, 0.2) is 5.60 Å². The van der Waals surface area contributed by atoms with Gasteiger partial charge in [0.05, 0.1) is 37.4 Å². The molecule has 252 valence electrons. The molecule has 4 heterocycles. The Balaban J connectivity index is 1.20. The van der Waals surface area contributed by atoms with Crippen LogP contribution < -0.4 is 9.80 Å². The monoisotopic (exact) mass is 733 g/mol. The number of aliphatic hydroxyl groups is 1. The summed E-state index contributed by atoms with van der Waals surface area (Å²) < 4.78 is 24.0. The molecular weight excluding hydrogens is 693 g/mol. The van der Waals surface area contributed by atoms with Gasteiger partial charge in [-0.3, -0.25) is 14.4 Å². The summed E-state index contributed by atoms with van der Waals surface area (Å²) in [6.07, 6.45) is 1.04. The molecule has 3 aromatic rings. The van der Waals surface area contributed by atoms with Crippen LogP contribution in [0.1, 0.15) is 48.4 Å². The van der Waals surface area contributed by atoms with E-state index in [1.165, 1.54) is 0 Å². The lowest BCUT2D eigenvalue weighted by Crippen LogP contribution is -2.48. The summed E-state index contributed by atoms with van der Waals surface area (Å²) in [6.45, 7) is 6.32. The van der Waals surface area contributed by atoms with Crippen molar-refractivity contribution in [2.75, 3.05) is 23.0 Å². The largest absolute Gasteiger partial charge is 0.394 e. The molecule has 3 amide bonds. The maximum absolute atomic E-state index is 16.4. The van der Waals surface area contributed by atoms with Gasteiger partial charge in [0.2, 0.25) is 20.2 Å². The van der Waals surface area contributed by atoms with Crippen LogP contribution in [-0.2, 0) is 44.2 Å². The molecule has 0 unspecified atom stereocenters. The van der Waals surface area contributed by atoms with Crippen LogP contribution in [0.25, 0.3) is 0 Å². The predicted molar refractivity (Wildman–Crippen MR) is 188 cm³/mol. The van der Waals surface area contributed by atoms with Crippen LogP contribution in [0.15, 0.2) is 71.2 Å². The van der Waals surface area contributed by atoms with Gasteiger partial charge < -0.3 is 28.7 Å². The van der Waals surface area contributed by atoms with Crippen molar-refractivity contribution in [2.24, 2.45) is 5.92 Å². The van der Waals surface area contributed by atoms with E-state index in [1.807, 2.05) is 73.7 Å². The first kappa shape index (κ1) is 33.1. The Morgan fingerprint density at radius 2 is 1.81 bits per heavy atom. The maximum atomic E-state index is 16.4. The minimum atomic E-state index is -3.49. The third-order valence-corrected chi connectivity index (χ3v) is 13.8. The number of nitrogens with zero attached hydrogens (tertiary/aromatic N) is 3. The number of halogens is 2.